The molecule has 0 saturated carbocycles. The monoisotopic (exact) mass is 269 g/mol. The molecule has 0 bridgehead atoms. The first-order chi connectivity index (χ1) is 8.40. The molecule has 0 spiro atoms. The molecule has 0 unspecified atom stereocenters. The van der Waals surface area contributed by atoms with Crippen LogP contribution in [0.1, 0.15) is 13.8 Å². The Labute approximate surface area is 111 Å². The van der Waals surface area contributed by atoms with E-state index >= 15 is 0 Å². The van der Waals surface area contributed by atoms with E-state index in [2.05, 4.69) is 5.43 Å². The lowest BCUT2D eigenvalue weighted by atomic mass is 9.96. The number of nitrogen functional groups attached to an aromatic ring is 1. The number of amides is 1. The van der Waals surface area contributed by atoms with Crippen LogP contribution in [0, 0.1) is 5.41 Å². The fourth-order valence-corrected chi connectivity index (χ4v) is 2.42. The Kier molecular flexibility index (Phi) is 4.86. The molecule has 0 atom stereocenters. The molecule has 1 amide bonds. The lowest BCUT2D eigenvalue weighted by molar-refractivity contribution is -0.128. The number of carbonyl (C=O) groups is 1. The zero-order valence-corrected chi connectivity index (χ0v) is 11.6. The highest BCUT2D eigenvalue weighted by Crippen LogP contribution is 2.34. The molecule has 5 N–H and O–H groups in total. The van der Waals surface area contributed by atoms with Gasteiger partial charge in [-0.25, -0.2) is 5.84 Å². The second kappa shape index (κ2) is 5.97. The SMILES string of the molecule is COc1cc(N)ccc1SCC(C)(C)C(=O)NN. The number of hydrogen-bond donors (Lipinski definition) is 3. The van der Waals surface area contributed by atoms with Crippen molar-refractivity contribution in [2.24, 2.45) is 11.3 Å². The average Bonchev–Trinajstić information content (AvgIpc) is 2.36. The molecule has 0 aliphatic rings. The summed E-state index contributed by atoms with van der Waals surface area (Å²) in [5, 5.41) is 0. The van der Waals surface area contributed by atoms with Crippen molar-refractivity contribution in [3.8, 4) is 5.75 Å². The van der Waals surface area contributed by atoms with E-state index in [0.717, 1.165) is 4.90 Å². The fraction of sp³-hybridized carbons (Fsp3) is 0.417. The molecule has 0 heterocycles. The van der Waals surface area contributed by atoms with E-state index < -0.39 is 5.41 Å². The van der Waals surface area contributed by atoms with E-state index in [9.17, 15) is 4.79 Å². The molecule has 100 valence electrons. The van der Waals surface area contributed by atoms with Crippen molar-refractivity contribution in [2.75, 3.05) is 18.6 Å². The van der Waals surface area contributed by atoms with Crippen LogP contribution in [0.5, 0.6) is 5.75 Å². The number of methoxy groups -OCH3 is 1. The van der Waals surface area contributed by atoms with Gasteiger partial charge in [0.25, 0.3) is 0 Å². The normalized spacial score (nSPS) is 11.1. The Hall–Kier alpha value is -1.40. The quantitative estimate of drug-likeness (QED) is 0.247. The van der Waals surface area contributed by atoms with E-state index in [4.69, 9.17) is 16.3 Å². The van der Waals surface area contributed by atoms with Crippen LogP contribution < -0.4 is 21.7 Å². The molecule has 0 aromatic heterocycles. The van der Waals surface area contributed by atoms with Crippen molar-refractivity contribution >= 4 is 23.4 Å². The maximum atomic E-state index is 11.6. The number of nitrogens with one attached hydrogen (secondary N) is 1. The van der Waals surface area contributed by atoms with Crippen LogP contribution in [0.4, 0.5) is 5.69 Å². The lowest BCUT2D eigenvalue weighted by Crippen LogP contribution is -2.42. The highest BCUT2D eigenvalue weighted by molar-refractivity contribution is 7.99. The van der Waals surface area contributed by atoms with Crippen molar-refractivity contribution < 1.29 is 9.53 Å². The maximum absolute atomic E-state index is 11.6. The lowest BCUT2D eigenvalue weighted by Gasteiger charge is -2.22. The smallest absolute Gasteiger partial charge is 0.240 e. The second-order valence-electron chi connectivity index (χ2n) is 4.56. The predicted octanol–water partition coefficient (Wildman–Crippen LogP) is 1.39. The summed E-state index contributed by atoms with van der Waals surface area (Å²) in [6.45, 7) is 3.68. The molecule has 0 aliphatic carbocycles. The number of rotatable bonds is 5. The van der Waals surface area contributed by atoms with Crippen molar-refractivity contribution in [1.29, 1.82) is 0 Å². The van der Waals surface area contributed by atoms with Gasteiger partial charge in [-0.15, -0.1) is 11.8 Å². The van der Waals surface area contributed by atoms with Gasteiger partial charge in [0.2, 0.25) is 5.91 Å². The molecule has 0 fully saturated rings. The third kappa shape index (κ3) is 3.54. The summed E-state index contributed by atoms with van der Waals surface area (Å²) in [6, 6.07) is 5.45. The molecule has 0 aliphatic heterocycles. The first-order valence-electron chi connectivity index (χ1n) is 5.48. The van der Waals surface area contributed by atoms with Crippen LogP contribution in [0.25, 0.3) is 0 Å². The Bertz CT molecular complexity index is 435. The van der Waals surface area contributed by atoms with Crippen LogP contribution in [0.2, 0.25) is 0 Å². The number of carbonyl (C=O) groups excluding carboxylic acids is 1. The van der Waals surface area contributed by atoms with Crippen LogP contribution in [-0.2, 0) is 4.79 Å². The molecule has 18 heavy (non-hydrogen) atoms. The van der Waals surface area contributed by atoms with Gasteiger partial charge in [-0.05, 0) is 12.1 Å². The molecule has 1 rings (SSSR count). The minimum Gasteiger partial charge on any atom is -0.496 e. The highest BCUT2D eigenvalue weighted by atomic mass is 32.2. The molecular weight excluding hydrogens is 250 g/mol. The zero-order chi connectivity index (χ0) is 13.8. The third-order valence-corrected chi connectivity index (χ3v) is 4.04. The summed E-state index contributed by atoms with van der Waals surface area (Å²) in [6.07, 6.45) is 0. The van der Waals surface area contributed by atoms with Crippen molar-refractivity contribution in [3.05, 3.63) is 18.2 Å². The minimum absolute atomic E-state index is 0.190. The summed E-state index contributed by atoms with van der Waals surface area (Å²) in [7, 11) is 1.59. The van der Waals surface area contributed by atoms with Crippen LogP contribution in [0.3, 0.4) is 0 Å². The standard InChI is InChI=1S/C12H19N3O2S/c1-12(2,11(16)15-14)7-18-10-5-4-8(13)6-9(10)17-3/h4-6H,7,13-14H2,1-3H3,(H,15,16). The molecular formula is C12H19N3O2S. The van der Waals surface area contributed by atoms with Gasteiger partial charge in [0.15, 0.2) is 0 Å². The summed E-state index contributed by atoms with van der Waals surface area (Å²) in [5.41, 5.74) is 7.96. The Morgan fingerprint density at radius 2 is 2.17 bits per heavy atom. The highest BCUT2D eigenvalue weighted by Gasteiger charge is 2.27. The number of hydrazine groups is 1. The summed E-state index contributed by atoms with van der Waals surface area (Å²) < 4.78 is 5.25. The van der Waals surface area contributed by atoms with Crippen molar-refractivity contribution in [3.63, 3.8) is 0 Å². The Balaban J connectivity index is 2.77. The van der Waals surface area contributed by atoms with E-state index in [1.165, 1.54) is 11.8 Å². The largest absolute Gasteiger partial charge is 0.496 e. The van der Waals surface area contributed by atoms with Gasteiger partial charge in [-0.2, -0.15) is 0 Å². The number of anilines is 1. The van der Waals surface area contributed by atoms with Crippen molar-refractivity contribution in [1.82, 2.24) is 5.43 Å². The molecule has 6 heteroatoms. The van der Waals surface area contributed by atoms with Gasteiger partial charge < -0.3 is 10.5 Å². The molecule has 1 aromatic rings. The predicted molar refractivity (Wildman–Crippen MR) is 74.2 cm³/mol. The Morgan fingerprint density at radius 1 is 1.50 bits per heavy atom. The molecule has 5 nitrogen and oxygen atoms in total. The number of ether oxygens (including phenoxy) is 1. The number of thioether (sulfide) groups is 1. The second-order valence-corrected chi connectivity index (χ2v) is 5.57. The molecule has 0 radical (unpaired) electrons. The molecule has 1 aromatic carbocycles. The van der Waals surface area contributed by atoms with Crippen LogP contribution in [0.15, 0.2) is 23.1 Å². The maximum Gasteiger partial charge on any atom is 0.240 e. The van der Waals surface area contributed by atoms with E-state index in [1.807, 2.05) is 19.9 Å². The zero-order valence-electron chi connectivity index (χ0n) is 10.8. The first kappa shape index (κ1) is 14.7. The average molecular weight is 269 g/mol. The topological polar surface area (TPSA) is 90.4 Å². The van der Waals surface area contributed by atoms with Gasteiger partial charge in [0.05, 0.1) is 12.5 Å². The van der Waals surface area contributed by atoms with Gasteiger partial charge >= 0.3 is 0 Å². The summed E-state index contributed by atoms with van der Waals surface area (Å²) in [4.78, 5) is 12.5. The number of hydrogen-bond acceptors (Lipinski definition) is 5. The van der Waals surface area contributed by atoms with E-state index in [-0.39, 0.29) is 5.91 Å². The van der Waals surface area contributed by atoms with E-state index in [1.54, 1.807) is 19.2 Å². The summed E-state index contributed by atoms with van der Waals surface area (Å²) in [5.74, 6) is 6.27. The van der Waals surface area contributed by atoms with Gasteiger partial charge in [0, 0.05) is 22.4 Å². The number of nitrogens with two attached hydrogens (primary N) is 2. The van der Waals surface area contributed by atoms with E-state index in [0.29, 0.717) is 17.2 Å². The Morgan fingerprint density at radius 3 is 2.72 bits per heavy atom. The van der Waals surface area contributed by atoms with Crippen LogP contribution in [-0.4, -0.2) is 18.8 Å². The van der Waals surface area contributed by atoms with Gasteiger partial charge in [-0.1, -0.05) is 13.8 Å². The number of benzene rings is 1. The minimum atomic E-state index is -0.550. The summed E-state index contributed by atoms with van der Waals surface area (Å²) >= 11 is 1.53. The van der Waals surface area contributed by atoms with Gasteiger partial charge in [0.1, 0.15) is 5.75 Å². The first-order valence-corrected chi connectivity index (χ1v) is 6.46. The van der Waals surface area contributed by atoms with Crippen LogP contribution >= 0.6 is 11.8 Å². The third-order valence-electron chi connectivity index (χ3n) is 2.52. The fourth-order valence-electron chi connectivity index (χ4n) is 1.32. The molecule has 0 saturated heterocycles. The van der Waals surface area contributed by atoms with Crippen molar-refractivity contribution in [2.45, 2.75) is 18.7 Å². The van der Waals surface area contributed by atoms with Gasteiger partial charge in [-0.3, -0.25) is 10.2 Å².